The Morgan fingerprint density at radius 2 is 1.96 bits per heavy atom. The van der Waals surface area contributed by atoms with Crippen molar-refractivity contribution >= 4 is 17.5 Å². The molecule has 136 valence electrons. The van der Waals surface area contributed by atoms with Crippen LogP contribution in [-0.2, 0) is 11.3 Å². The van der Waals surface area contributed by atoms with Crippen LogP contribution in [-0.4, -0.2) is 29.4 Å². The van der Waals surface area contributed by atoms with E-state index in [1.807, 2.05) is 55.1 Å². The molecule has 0 radical (unpaired) electrons. The van der Waals surface area contributed by atoms with Crippen LogP contribution in [0.3, 0.4) is 0 Å². The lowest BCUT2D eigenvalue weighted by atomic mass is 10.1. The van der Waals surface area contributed by atoms with Crippen molar-refractivity contribution in [1.29, 1.82) is 0 Å². The summed E-state index contributed by atoms with van der Waals surface area (Å²) in [7, 11) is 0. The number of hydrogen-bond acceptors (Lipinski definition) is 3. The van der Waals surface area contributed by atoms with E-state index in [1.54, 1.807) is 12.1 Å². The maximum Gasteiger partial charge on any atom is 0.255 e. The van der Waals surface area contributed by atoms with Crippen molar-refractivity contribution in [3.05, 3.63) is 59.7 Å². The van der Waals surface area contributed by atoms with E-state index < -0.39 is 0 Å². The Bertz CT molecular complexity index is 784. The summed E-state index contributed by atoms with van der Waals surface area (Å²) in [5.74, 6) is 0.759. The number of ether oxygens (including phenoxy) is 1. The summed E-state index contributed by atoms with van der Waals surface area (Å²) >= 11 is 0. The first-order valence-corrected chi connectivity index (χ1v) is 8.96. The first kappa shape index (κ1) is 18.0. The molecule has 1 N–H and O–H groups in total. The van der Waals surface area contributed by atoms with E-state index in [2.05, 4.69) is 5.32 Å². The van der Waals surface area contributed by atoms with E-state index >= 15 is 0 Å². The fraction of sp³-hybridized carbons (Fsp3) is 0.333. The zero-order valence-electron chi connectivity index (χ0n) is 15.2. The van der Waals surface area contributed by atoms with Crippen LogP contribution < -0.4 is 10.1 Å². The lowest BCUT2D eigenvalue weighted by molar-refractivity contribution is -0.128. The Morgan fingerprint density at radius 3 is 2.62 bits per heavy atom. The highest BCUT2D eigenvalue weighted by Crippen LogP contribution is 2.20. The summed E-state index contributed by atoms with van der Waals surface area (Å²) in [4.78, 5) is 26.0. The molecule has 0 spiro atoms. The minimum absolute atomic E-state index is 0.0796. The molecule has 1 aliphatic rings. The molecule has 5 nitrogen and oxygen atoms in total. The summed E-state index contributed by atoms with van der Waals surface area (Å²) in [6, 6.07) is 14.7. The molecular formula is C21H24N2O3. The quantitative estimate of drug-likeness (QED) is 0.859. The lowest BCUT2D eigenvalue weighted by Gasteiger charge is -2.15. The molecule has 0 atom stereocenters. The Morgan fingerprint density at radius 1 is 1.19 bits per heavy atom. The van der Waals surface area contributed by atoms with Gasteiger partial charge in [-0.25, -0.2) is 0 Å². The number of nitrogens with zero attached hydrogens (tertiary/aromatic N) is 1. The number of carbonyl (C=O) groups is 2. The maximum atomic E-state index is 12.4. The Labute approximate surface area is 154 Å². The molecule has 1 fully saturated rings. The average molecular weight is 352 g/mol. The SMILES string of the molecule is CC(C)Oc1cccc(NC(=O)c2ccc(CN3CCCC3=O)cc2)c1. The van der Waals surface area contributed by atoms with Crippen LogP contribution in [0.5, 0.6) is 5.75 Å². The molecule has 2 aromatic rings. The van der Waals surface area contributed by atoms with Gasteiger partial charge in [-0.15, -0.1) is 0 Å². The van der Waals surface area contributed by atoms with E-state index in [1.165, 1.54) is 0 Å². The van der Waals surface area contributed by atoms with E-state index in [-0.39, 0.29) is 17.9 Å². The summed E-state index contributed by atoms with van der Waals surface area (Å²) in [5.41, 5.74) is 2.31. The Kier molecular flexibility index (Phi) is 5.56. The van der Waals surface area contributed by atoms with Crippen LogP contribution in [0.1, 0.15) is 42.6 Å². The molecule has 0 unspecified atom stereocenters. The second kappa shape index (κ2) is 8.04. The van der Waals surface area contributed by atoms with Crippen molar-refractivity contribution < 1.29 is 14.3 Å². The standard InChI is InChI=1S/C21H24N2O3/c1-15(2)26-19-6-3-5-18(13-19)22-21(25)17-10-8-16(9-11-17)14-23-12-4-7-20(23)24/h3,5-6,8-11,13,15H,4,7,12,14H2,1-2H3,(H,22,25). The molecule has 0 aliphatic carbocycles. The molecular weight excluding hydrogens is 328 g/mol. The highest BCUT2D eigenvalue weighted by Gasteiger charge is 2.20. The topological polar surface area (TPSA) is 58.6 Å². The van der Waals surface area contributed by atoms with Crippen molar-refractivity contribution in [2.45, 2.75) is 39.3 Å². The van der Waals surface area contributed by atoms with E-state index in [9.17, 15) is 9.59 Å². The van der Waals surface area contributed by atoms with Gasteiger partial charge in [0.1, 0.15) is 5.75 Å². The van der Waals surface area contributed by atoms with Crippen molar-refractivity contribution in [2.24, 2.45) is 0 Å². The Hall–Kier alpha value is -2.82. The third-order valence-electron chi connectivity index (χ3n) is 4.22. The van der Waals surface area contributed by atoms with Gasteiger partial charge in [0.05, 0.1) is 6.10 Å². The number of benzene rings is 2. The van der Waals surface area contributed by atoms with Gasteiger partial charge < -0.3 is 15.0 Å². The molecule has 2 aromatic carbocycles. The number of rotatable bonds is 6. The maximum absolute atomic E-state index is 12.4. The van der Waals surface area contributed by atoms with Crippen molar-refractivity contribution in [3.63, 3.8) is 0 Å². The monoisotopic (exact) mass is 352 g/mol. The van der Waals surface area contributed by atoms with Gasteiger partial charge in [0, 0.05) is 36.8 Å². The molecule has 5 heteroatoms. The molecule has 2 amide bonds. The number of likely N-dealkylation sites (tertiary alicyclic amines) is 1. The van der Waals surface area contributed by atoms with Crippen LogP contribution in [0.4, 0.5) is 5.69 Å². The second-order valence-corrected chi connectivity index (χ2v) is 6.76. The van der Waals surface area contributed by atoms with Crippen molar-refractivity contribution in [1.82, 2.24) is 4.90 Å². The molecule has 0 bridgehead atoms. The predicted octanol–water partition coefficient (Wildman–Crippen LogP) is 3.85. The zero-order valence-corrected chi connectivity index (χ0v) is 15.2. The smallest absolute Gasteiger partial charge is 0.255 e. The van der Waals surface area contributed by atoms with Crippen LogP contribution in [0.25, 0.3) is 0 Å². The third kappa shape index (κ3) is 4.63. The van der Waals surface area contributed by atoms with Gasteiger partial charge in [0.25, 0.3) is 5.91 Å². The van der Waals surface area contributed by atoms with E-state index in [0.29, 0.717) is 24.2 Å². The largest absolute Gasteiger partial charge is 0.491 e. The molecule has 3 rings (SSSR count). The minimum atomic E-state index is -0.171. The fourth-order valence-electron chi connectivity index (χ4n) is 2.98. The first-order valence-electron chi connectivity index (χ1n) is 8.96. The summed E-state index contributed by atoms with van der Waals surface area (Å²) in [6.45, 7) is 5.34. The second-order valence-electron chi connectivity index (χ2n) is 6.76. The zero-order chi connectivity index (χ0) is 18.5. The number of hydrogen-bond donors (Lipinski definition) is 1. The molecule has 0 saturated carbocycles. The molecule has 26 heavy (non-hydrogen) atoms. The van der Waals surface area contributed by atoms with Gasteiger partial charge >= 0.3 is 0 Å². The van der Waals surface area contributed by atoms with Gasteiger partial charge in [0.2, 0.25) is 5.91 Å². The van der Waals surface area contributed by atoms with Crippen molar-refractivity contribution in [3.8, 4) is 5.75 Å². The summed E-state index contributed by atoms with van der Waals surface area (Å²) in [5, 5.41) is 2.89. The fourth-order valence-corrected chi connectivity index (χ4v) is 2.98. The number of carbonyl (C=O) groups excluding carboxylic acids is 2. The molecule has 1 aliphatic heterocycles. The number of anilines is 1. The first-order chi connectivity index (χ1) is 12.5. The number of amides is 2. The van der Waals surface area contributed by atoms with Gasteiger partial charge in [-0.2, -0.15) is 0 Å². The third-order valence-corrected chi connectivity index (χ3v) is 4.22. The van der Waals surface area contributed by atoms with E-state index in [4.69, 9.17) is 4.74 Å². The Balaban J connectivity index is 1.62. The van der Waals surface area contributed by atoms with Crippen LogP contribution in [0, 0.1) is 0 Å². The van der Waals surface area contributed by atoms with Crippen LogP contribution in [0.15, 0.2) is 48.5 Å². The summed E-state index contributed by atoms with van der Waals surface area (Å²) < 4.78 is 5.65. The van der Waals surface area contributed by atoms with E-state index in [0.717, 1.165) is 24.3 Å². The van der Waals surface area contributed by atoms with Crippen LogP contribution in [0.2, 0.25) is 0 Å². The minimum Gasteiger partial charge on any atom is -0.491 e. The molecule has 1 saturated heterocycles. The molecule has 1 heterocycles. The normalized spacial score (nSPS) is 14.0. The number of nitrogens with one attached hydrogen (secondary N) is 1. The van der Waals surface area contributed by atoms with Gasteiger partial charge in [0.15, 0.2) is 0 Å². The van der Waals surface area contributed by atoms with Crippen LogP contribution >= 0.6 is 0 Å². The van der Waals surface area contributed by atoms with Gasteiger partial charge in [-0.1, -0.05) is 18.2 Å². The van der Waals surface area contributed by atoms with Gasteiger partial charge in [-0.05, 0) is 50.1 Å². The predicted molar refractivity (Wildman–Crippen MR) is 101 cm³/mol. The highest BCUT2D eigenvalue weighted by molar-refractivity contribution is 6.04. The highest BCUT2D eigenvalue weighted by atomic mass is 16.5. The lowest BCUT2D eigenvalue weighted by Crippen LogP contribution is -2.23. The molecule has 0 aromatic heterocycles. The average Bonchev–Trinajstić information content (AvgIpc) is 3.00. The van der Waals surface area contributed by atoms with Gasteiger partial charge in [-0.3, -0.25) is 9.59 Å². The summed E-state index contributed by atoms with van der Waals surface area (Å²) in [6.07, 6.45) is 1.65. The van der Waals surface area contributed by atoms with Crippen molar-refractivity contribution in [2.75, 3.05) is 11.9 Å².